The van der Waals surface area contributed by atoms with Gasteiger partial charge in [-0.1, -0.05) is 36.4 Å². The number of aryl methyl sites for hydroxylation is 1. The molecule has 0 atom stereocenters. The standard InChI is InChI=1S/C19H20NO3/c1-23-19(22)3-2-12-20-13-10-17(11-14-20)5-4-16-6-8-18(15-21)9-7-16/h4-11,13-15H,2-3,12H2,1H3/q+1. The van der Waals surface area contributed by atoms with E-state index in [1.807, 2.05) is 53.4 Å². The topological polar surface area (TPSA) is 47.2 Å². The van der Waals surface area contributed by atoms with Gasteiger partial charge in [-0.15, -0.1) is 0 Å². The van der Waals surface area contributed by atoms with E-state index in [1.54, 1.807) is 12.1 Å². The maximum atomic E-state index is 11.1. The first kappa shape index (κ1) is 16.6. The summed E-state index contributed by atoms with van der Waals surface area (Å²) in [6.07, 6.45) is 10.0. The van der Waals surface area contributed by atoms with Gasteiger partial charge >= 0.3 is 5.97 Å². The molecule has 0 saturated heterocycles. The number of hydrogen-bond acceptors (Lipinski definition) is 3. The van der Waals surface area contributed by atoms with E-state index < -0.39 is 0 Å². The van der Waals surface area contributed by atoms with E-state index in [1.165, 1.54) is 7.11 Å². The molecule has 0 spiro atoms. The molecule has 1 aromatic heterocycles. The predicted molar refractivity (Wildman–Crippen MR) is 88.6 cm³/mol. The molecule has 118 valence electrons. The van der Waals surface area contributed by atoms with Crippen LogP contribution in [0.1, 0.15) is 34.3 Å². The Morgan fingerprint density at radius 3 is 2.13 bits per heavy atom. The molecule has 0 aliphatic rings. The summed E-state index contributed by atoms with van der Waals surface area (Å²) in [5.74, 6) is -0.175. The second-order valence-corrected chi connectivity index (χ2v) is 5.17. The third-order valence-electron chi connectivity index (χ3n) is 3.48. The molecule has 4 heteroatoms. The molecular weight excluding hydrogens is 290 g/mol. The van der Waals surface area contributed by atoms with Crippen molar-refractivity contribution in [2.75, 3.05) is 7.11 Å². The lowest BCUT2D eigenvalue weighted by Gasteiger charge is -1.98. The van der Waals surface area contributed by atoms with Gasteiger partial charge in [0.2, 0.25) is 0 Å². The predicted octanol–water partition coefficient (Wildman–Crippen LogP) is 2.91. The fourth-order valence-corrected chi connectivity index (χ4v) is 2.12. The molecule has 0 amide bonds. The Hall–Kier alpha value is -2.75. The number of carbonyl (C=O) groups excluding carboxylic acids is 2. The van der Waals surface area contributed by atoms with Gasteiger partial charge in [0.1, 0.15) is 12.8 Å². The van der Waals surface area contributed by atoms with Crippen LogP contribution in [0.25, 0.3) is 12.2 Å². The third-order valence-corrected chi connectivity index (χ3v) is 3.48. The molecule has 0 aliphatic heterocycles. The minimum Gasteiger partial charge on any atom is -0.469 e. The number of esters is 1. The van der Waals surface area contributed by atoms with Gasteiger partial charge in [-0.25, -0.2) is 4.57 Å². The summed E-state index contributed by atoms with van der Waals surface area (Å²) in [7, 11) is 1.41. The average molecular weight is 310 g/mol. The van der Waals surface area contributed by atoms with E-state index in [-0.39, 0.29) is 5.97 Å². The molecule has 23 heavy (non-hydrogen) atoms. The molecule has 0 unspecified atom stereocenters. The van der Waals surface area contributed by atoms with E-state index in [2.05, 4.69) is 4.74 Å². The molecule has 0 N–H and O–H groups in total. The van der Waals surface area contributed by atoms with Crippen molar-refractivity contribution in [3.05, 3.63) is 65.5 Å². The number of carbonyl (C=O) groups is 2. The Morgan fingerprint density at radius 2 is 1.57 bits per heavy atom. The smallest absolute Gasteiger partial charge is 0.305 e. The first-order chi connectivity index (χ1) is 11.2. The number of aldehydes is 1. The van der Waals surface area contributed by atoms with Crippen molar-refractivity contribution in [2.24, 2.45) is 0 Å². The molecule has 0 saturated carbocycles. The van der Waals surface area contributed by atoms with Gasteiger partial charge < -0.3 is 4.74 Å². The van der Waals surface area contributed by atoms with Gasteiger partial charge in [0.15, 0.2) is 12.4 Å². The molecule has 2 rings (SSSR count). The van der Waals surface area contributed by atoms with Gasteiger partial charge in [0, 0.05) is 24.1 Å². The highest BCUT2D eigenvalue weighted by atomic mass is 16.5. The van der Waals surface area contributed by atoms with Crippen LogP contribution in [0, 0.1) is 0 Å². The summed E-state index contributed by atoms with van der Waals surface area (Å²) in [4.78, 5) is 21.7. The van der Waals surface area contributed by atoms with Crippen molar-refractivity contribution in [3.8, 4) is 0 Å². The molecule has 0 aliphatic carbocycles. The summed E-state index contributed by atoms with van der Waals surface area (Å²) in [6.45, 7) is 0.784. The number of ether oxygens (including phenoxy) is 1. The van der Waals surface area contributed by atoms with Crippen LogP contribution in [-0.2, 0) is 16.1 Å². The molecule has 1 heterocycles. The first-order valence-electron chi connectivity index (χ1n) is 7.50. The normalized spacial score (nSPS) is 10.7. The second kappa shape index (κ2) is 8.63. The monoisotopic (exact) mass is 310 g/mol. The number of nitrogens with zero attached hydrogens (tertiary/aromatic N) is 1. The zero-order valence-electron chi connectivity index (χ0n) is 13.1. The molecule has 4 nitrogen and oxygen atoms in total. The number of benzene rings is 1. The van der Waals surface area contributed by atoms with Gasteiger partial charge in [0.25, 0.3) is 0 Å². The largest absolute Gasteiger partial charge is 0.469 e. The van der Waals surface area contributed by atoms with Crippen molar-refractivity contribution < 1.29 is 18.9 Å². The van der Waals surface area contributed by atoms with E-state index in [0.29, 0.717) is 12.0 Å². The molecule has 2 aromatic rings. The summed E-state index contributed by atoms with van der Waals surface area (Å²) in [5, 5.41) is 0. The van der Waals surface area contributed by atoms with Crippen LogP contribution in [0.2, 0.25) is 0 Å². The number of aromatic nitrogens is 1. The quantitative estimate of drug-likeness (QED) is 0.449. The maximum absolute atomic E-state index is 11.1. The maximum Gasteiger partial charge on any atom is 0.305 e. The van der Waals surface area contributed by atoms with Gasteiger partial charge in [0.05, 0.1) is 13.5 Å². The highest BCUT2D eigenvalue weighted by molar-refractivity contribution is 5.76. The van der Waals surface area contributed by atoms with Crippen LogP contribution < -0.4 is 4.57 Å². The van der Waals surface area contributed by atoms with Crippen molar-refractivity contribution >= 4 is 24.4 Å². The number of rotatable bonds is 7. The Bertz CT molecular complexity index is 673. The van der Waals surface area contributed by atoms with Gasteiger partial charge in [-0.2, -0.15) is 0 Å². The highest BCUT2D eigenvalue weighted by Crippen LogP contribution is 2.08. The van der Waals surface area contributed by atoms with E-state index in [4.69, 9.17) is 0 Å². The van der Waals surface area contributed by atoms with Gasteiger partial charge in [-0.05, 0) is 11.1 Å². The molecule has 0 fully saturated rings. The van der Waals surface area contributed by atoms with Crippen LogP contribution in [0.4, 0.5) is 0 Å². The van der Waals surface area contributed by atoms with Crippen LogP contribution in [-0.4, -0.2) is 19.4 Å². The van der Waals surface area contributed by atoms with Crippen LogP contribution in [0.5, 0.6) is 0 Å². The summed E-state index contributed by atoms with van der Waals surface area (Å²) in [5.41, 5.74) is 2.81. The lowest BCUT2D eigenvalue weighted by molar-refractivity contribution is -0.697. The SMILES string of the molecule is COC(=O)CCC[n+]1ccc(C=Cc2ccc(C=O)cc2)cc1. The van der Waals surface area contributed by atoms with E-state index in [0.717, 1.165) is 30.4 Å². The van der Waals surface area contributed by atoms with Crippen LogP contribution >= 0.6 is 0 Å². The lowest BCUT2D eigenvalue weighted by Crippen LogP contribution is -2.32. The fourth-order valence-electron chi connectivity index (χ4n) is 2.12. The molecule has 1 aromatic carbocycles. The Labute approximate surface area is 136 Å². The molecular formula is C19H20NO3+. The van der Waals surface area contributed by atoms with E-state index in [9.17, 15) is 9.59 Å². The first-order valence-corrected chi connectivity index (χ1v) is 7.50. The Morgan fingerprint density at radius 1 is 1.00 bits per heavy atom. The minimum atomic E-state index is -0.175. The number of hydrogen-bond donors (Lipinski definition) is 0. The van der Waals surface area contributed by atoms with Gasteiger partial charge in [-0.3, -0.25) is 9.59 Å². The molecule has 0 bridgehead atoms. The average Bonchev–Trinajstić information content (AvgIpc) is 2.61. The second-order valence-electron chi connectivity index (χ2n) is 5.17. The van der Waals surface area contributed by atoms with Crippen molar-refractivity contribution in [2.45, 2.75) is 19.4 Å². The lowest BCUT2D eigenvalue weighted by atomic mass is 10.1. The highest BCUT2D eigenvalue weighted by Gasteiger charge is 2.04. The zero-order valence-corrected chi connectivity index (χ0v) is 13.1. The zero-order chi connectivity index (χ0) is 16.5. The fraction of sp³-hybridized carbons (Fsp3) is 0.211. The summed E-state index contributed by atoms with van der Waals surface area (Å²) >= 11 is 0. The summed E-state index contributed by atoms with van der Waals surface area (Å²) in [6, 6.07) is 11.5. The van der Waals surface area contributed by atoms with Crippen molar-refractivity contribution in [1.82, 2.24) is 0 Å². The van der Waals surface area contributed by atoms with Crippen molar-refractivity contribution in [1.29, 1.82) is 0 Å². The number of pyridine rings is 1. The van der Waals surface area contributed by atoms with Crippen LogP contribution in [0.15, 0.2) is 48.8 Å². The van der Waals surface area contributed by atoms with Crippen LogP contribution in [0.3, 0.4) is 0 Å². The Balaban J connectivity index is 1.89. The Kier molecular flexibility index (Phi) is 6.24. The minimum absolute atomic E-state index is 0.175. The number of methoxy groups -OCH3 is 1. The van der Waals surface area contributed by atoms with Crippen molar-refractivity contribution in [3.63, 3.8) is 0 Å². The van der Waals surface area contributed by atoms with E-state index >= 15 is 0 Å². The molecule has 0 radical (unpaired) electrons. The third kappa shape index (κ3) is 5.51. The summed E-state index contributed by atoms with van der Waals surface area (Å²) < 4.78 is 6.66.